The predicted octanol–water partition coefficient (Wildman–Crippen LogP) is 3.91. The van der Waals surface area contributed by atoms with Crippen LogP contribution in [0.4, 0.5) is 0 Å². The van der Waals surface area contributed by atoms with Gasteiger partial charge in [0.25, 0.3) is 10.1 Å². The third kappa shape index (κ3) is 3.91. The summed E-state index contributed by atoms with van der Waals surface area (Å²) < 4.78 is 48.9. The van der Waals surface area contributed by atoms with E-state index in [1.165, 1.54) is 20.3 Å². The van der Waals surface area contributed by atoms with E-state index in [2.05, 4.69) is 20.9 Å². The number of aliphatic hydroxyl groups is 1. The Balaban J connectivity index is 1.95. The van der Waals surface area contributed by atoms with Crippen LogP contribution in [0.5, 0.6) is 11.6 Å². The SMILES string of the molecule is COC(=O)[C@H]1C(OS(C)(=O)=O)[C@@]2(O)c3c(cc(Cl)nc3OC)O[C@@]2(c2ccc(Br)cc2)[C@@H]1c1ccccc1. The lowest BCUT2D eigenvalue weighted by Crippen LogP contribution is -2.53. The molecule has 200 valence electrons. The van der Waals surface area contributed by atoms with Crippen molar-refractivity contribution in [1.29, 1.82) is 0 Å². The van der Waals surface area contributed by atoms with E-state index < -0.39 is 45.2 Å². The lowest BCUT2D eigenvalue weighted by Gasteiger charge is -2.41. The number of hydrogen-bond acceptors (Lipinski definition) is 9. The van der Waals surface area contributed by atoms with Gasteiger partial charge in [0.05, 0.1) is 32.0 Å². The van der Waals surface area contributed by atoms with E-state index in [0.29, 0.717) is 11.1 Å². The molecular formula is C26H23BrClNO8S. The highest BCUT2D eigenvalue weighted by molar-refractivity contribution is 9.10. The van der Waals surface area contributed by atoms with E-state index in [9.17, 15) is 18.3 Å². The van der Waals surface area contributed by atoms with Crippen LogP contribution in [0.1, 0.15) is 22.6 Å². The minimum Gasteiger partial charge on any atom is -0.481 e. The van der Waals surface area contributed by atoms with Crippen molar-refractivity contribution in [3.63, 3.8) is 0 Å². The molecule has 2 heterocycles. The minimum atomic E-state index is -4.23. The van der Waals surface area contributed by atoms with Crippen LogP contribution in [0.15, 0.2) is 65.1 Å². The fourth-order valence-corrected chi connectivity index (χ4v) is 6.88. The monoisotopic (exact) mass is 623 g/mol. The number of fused-ring (bicyclic) bond motifs is 3. The molecule has 38 heavy (non-hydrogen) atoms. The van der Waals surface area contributed by atoms with Gasteiger partial charge in [0.2, 0.25) is 5.88 Å². The molecule has 1 unspecified atom stereocenters. The minimum absolute atomic E-state index is 0.00769. The van der Waals surface area contributed by atoms with E-state index in [0.717, 1.165) is 10.7 Å². The number of ether oxygens (including phenoxy) is 3. The van der Waals surface area contributed by atoms with Crippen LogP contribution in [0.25, 0.3) is 0 Å². The molecule has 9 nitrogen and oxygen atoms in total. The van der Waals surface area contributed by atoms with E-state index >= 15 is 0 Å². The molecule has 0 saturated heterocycles. The number of pyridine rings is 1. The Morgan fingerprint density at radius 2 is 1.79 bits per heavy atom. The predicted molar refractivity (Wildman–Crippen MR) is 141 cm³/mol. The number of nitrogens with zero attached hydrogens (tertiary/aromatic N) is 1. The van der Waals surface area contributed by atoms with Crippen molar-refractivity contribution in [1.82, 2.24) is 4.98 Å². The number of methoxy groups -OCH3 is 2. The lowest BCUT2D eigenvalue weighted by atomic mass is 9.71. The van der Waals surface area contributed by atoms with Crippen LogP contribution in [0.2, 0.25) is 5.15 Å². The molecule has 0 radical (unpaired) electrons. The van der Waals surface area contributed by atoms with Crippen molar-refractivity contribution in [2.75, 3.05) is 20.5 Å². The molecule has 1 aliphatic carbocycles. The highest BCUT2D eigenvalue weighted by Crippen LogP contribution is 2.70. The second kappa shape index (κ2) is 9.49. The molecule has 0 bridgehead atoms. The molecule has 1 N–H and O–H groups in total. The van der Waals surface area contributed by atoms with Gasteiger partial charge in [0.1, 0.15) is 17.0 Å². The molecule has 3 aromatic rings. The van der Waals surface area contributed by atoms with E-state index in [4.69, 9.17) is 30.0 Å². The van der Waals surface area contributed by atoms with Crippen LogP contribution < -0.4 is 9.47 Å². The number of hydrogen-bond donors (Lipinski definition) is 1. The van der Waals surface area contributed by atoms with Crippen molar-refractivity contribution in [2.45, 2.75) is 23.2 Å². The van der Waals surface area contributed by atoms with Gasteiger partial charge < -0.3 is 19.3 Å². The van der Waals surface area contributed by atoms with Crippen LogP contribution in [-0.2, 0) is 35.0 Å². The molecule has 1 fully saturated rings. The molecular weight excluding hydrogens is 602 g/mol. The van der Waals surface area contributed by atoms with E-state index in [1.54, 1.807) is 54.6 Å². The number of aromatic nitrogens is 1. The lowest BCUT2D eigenvalue weighted by molar-refractivity contribution is -0.155. The first-order chi connectivity index (χ1) is 18.0. The first-order valence-corrected chi connectivity index (χ1v) is 14.4. The summed E-state index contributed by atoms with van der Waals surface area (Å²) in [4.78, 5) is 17.7. The second-order valence-corrected chi connectivity index (χ2v) is 12.0. The van der Waals surface area contributed by atoms with Crippen LogP contribution in [0, 0.1) is 5.92 Å². The highest BCUT2D eigenvalue weighted by atomic mass is 79.9. The Labute approximate surface area is 232 Å². The smallest absolute Gasteiger partial charge is 0.312 e. The summed E-state index contributed by atoms with van der Waals surface area (Å²) in [6.45, 7) is 0. The number of carbonyl (C=O) groups excluding carboxylic acids is 1. The zero-order chi connectivity index (χ0) is 27.5. The molecule has 1 aromatic heterocycles. The topological polar surface area (TPSA) is 121 Å². The van der Waals surface area contributed by atoms with Crippen molar-refractivity contribution in [3.05, 3.63) is 87.0 Å². The summed E-state index contributed by atoms with van der Waals surface area (Å²) in [5.74, 6) is -3.12. The Kier molecular flexibility index (Phi) is 6.72. The summed E-state index contributed by atoms with van der Waals surface area (Å²) in [5, 5.41) is 13.0. The zero-order valence-corrected chi connectivity index (χ0v) is 23.6. The quantitative estimate of drug-likeness (QED) is 0.247. The average Bonchev–Trinajstić information content (AvgIpc) is 3.25. The largest absolute Gasteiger partial charge is 0.481 e. The number of rotatable bonds is 6. The number of carbonyl (C=O) groups is 1. The molecule has 12 heteroatoms. The molecule has 2 aliphatic rings. The Morgan fingerprint density at radius 3 is 2.37 bits per heavy atom. The number of benzene rings is 2. The van der Waals surface area contributed by atoms with Gasteiger partial charge in [-0.2, -0.15) is 8.42 Å². The maximum Gasteiger partial charge on any atom is 0.312 e. The summed E-state index contributed by atoms with van der Waals surface area (Å²) in [7, 11) is -1.72. The summed E-state index contributed by atoms with van der Waals surface area (Å²) in [6, 6.07) is 17.2. The van der Waals surface area contributed by atoms with Crippen molar-refractivity contribution < 1.29 is 36.7 Å². The maximum atomic E-state index is 13.5. The zero-order valence-electron chi connectivity index (χ0n) is 20.4. The molecule has 5 atom stereocenters. The van der Waals surface area contributed by atoms with Gasteiger partial charge in [-0.15, -0.1) is 0 Å². The maximum absolute atomic E-state index is 13.5. The normalized spacial score (nSPS) is 27.8. The second-order valence-electron chi connectivity index (χ2n) is 9.10. The third-order valence-corrected chi connectivity index (χ3v) is 8.33. The van der Waals surface area contributed by atoms with Crippen LogP contribution >= 0.6 is 27.5 Å². The van der Waals surface area contributed by atoms with Crippen molar-refractivity contribution in [3.8, 4) is 11.6 Å². The molecule has 0 spiro atoms. The Hall–Kier alpha value is -2.70. The Bertz CT molecular complexity index is 1500. The highest BCUT2D eigenvalue weighted by Gasteiger charge is 2.79. The summed E-state index contributed by atoms with van der Waals surface area (Å²) in [6.07, 6.45) is -0.854. The molecule has 2 aromatic carbocycles. The standard InChI is InChI=1S/C26H23BrClNO8S/c1-34-23-21-17(13-18(28)29-23)36-26(15-9-11-16(27)12-10-15)20(14-7-5-4-6-8-14)19(24(30)35-2)22(25(21,26)31)37-38(3,32)33/h4-13,19-20,22,31H,1-3H3/t19-,20-,22?,25+,26+/m1/s1. The van der Waals surface area contributed by atoms with E-state index in [1.807, 2.05) is 0 Å². The fraction of sp³-hybridized carbons (Fsp3) is 0.308. The molecule has 1 aliphatic heterocycles. The van der Waals surface area contributed by atoms with Gasteiger partial charge in [0.15, 0.2) is 11.2 Å². The van der Waals surface area contributed by atoms with Crippen molar-refractivity contribution in [2.24, 2.45) is 5.92 Å². The van der Waals surface area contributed by atoms with Crippen LogP contribution in [0.3, 0.4) is 0 Å². The summed E-state index contributed by atoms with van der Waals surface area (Å²) >= 11 is 9.69. The van der Waals surface area contributed by atoms with Gasteiger partial charge in [-0.05, 0) is 23.3 Å². The summed E-state index contributed by atoms with van der Waals surface area (Å²) in [5.41, 5.74) is -3.09. The molecule has 0 amide bonds. The van der Waals surface area contributed by atoms with Crippen molar-refractivity contribution >= 4 is 43.6 Å². The Morgan fingerprint density at radius 1 is 1.13 bits per heavy atom. The fourth-order valence-electron chi connectivity index (χ4n) is 5.80. The van der Waals surface area contributed by atoms with Gasteiger partial charge >= 0.3 is 5.97 Å². The van der Waals surface area contributed by atoms with Gasteiger partial charge in [-0.1, -0.05) is 70.0 Å². The first kappa shape index (κ1) is 26.9. The molecule has 5 rings (SSSR count). The number of halogens is 2. The van der Waals surface area contributed by atoms with Gasteiger partial charge in [-0.25, -0.2) is 4.98 Å². The van der Waals surface area contributed by atoms with Crippen LogP contribution in [-0.4, -0.2) is 51.1 Å². The van der Waals surface area contributed by atoms with Gasteiger partial charge in [0, 0.05) is 16.5 Å². The van der Waals surface area contributed by atoms with E-state index in [-0.39, 0.29) is 22.3 Å². The third-order valence-electron chi connectivity index (χ3n) is 7.05. The molecule has 1 saturated carbocycles. The average molecular weight is 625 g/mol. The number of esters is 1. The first-order valence-electron chi connectivity index (χ1n) is 11.4. The van der Waals surface area contributed by atoms with Gasteiger partial charge in [-0.3, -0.25) is 8.98 Å².